The summed E-state index contributed by atoms with van der Waals surface area (Å²) in [6.45, 7) is 3.03. The average Bonchev–Trinajstić information content (AvgIpc) is 2.28. The number of ether oxygens (including phenoxy) is 2. The Hall–Kier alpha value is -1.55. The van der Waals surface area contributed by atoms with Gasteiger partial charge in [-0.05, 0) is 32.0 Å². The van der Waals surface area contributed by atoms with Gasteiger partial charge < -0.3 is 14.6 Å². The predicted molar refractivity (Wildman–Crippen MR) is 59.7 cm³/mol. The second kappa shape index (κ2) is 4.53. The first kappa shape index (κ1) is 12.5. The van der Waals surface area contributed by atoms with E-state index in [0.29, 0.717) is 11.3 Å². The number of hydrogen-bond donors (Lipinski definition) is 1. The van der Waals surface area contributed by atoms with Crippen molar-refractivity contribution < 1.29 is 19.4 Å². The van der Waals surface area contributed by atoms with Gasteiger partial charge in [-0.3, -0.25) is 4.79 Å². The molecule has 16 heavy (non-hydrogen) atoms. The summed E-state index contributed by atoms with van der Waals surface area (Å²) in [7, 11) is 2.95. The van der Waals surface area contributed by atoms with Gasteiger partial charge in [-0.1, -0.05) is 0 Å². The van der Waals surface area contributed by atoms with Crippen LogP contribution in [-0.2, 0) is 15.1 Å². The van der Waals surface area contributed by atoms with Gasteiger partial charge in [0.05, 0.1) is 7.11 Å². The Morgan fingerprint density at radius 1 is 1.38 bits per heavy atom. The van der Waals surface area contributed by atoms with Gasteiger partial charge >= 0.3 is 0 Å². The Bertz CT molecular complexity index is 400. The predicted octanol–water partition coefficient (Wildman–Crippen LogP) is 1.85. The molecule has 0 fully saturated rings. The minimum atomic E-state index is -1.15. The van der Waals surface area contributed by atoms with Gasteiger partial charge in [-0.15, -0.1) is 0 Å². The maximum atomic E-state index is 11.6. The molecular formula is C12H16O4. The molecule has 0 spiro atoms. The molecule has 1 aromatic carbocycles. The molecule has 0 amide bonds. The zero-order valence-electron chi connectivity index (χ0n) is 9.90. The van der Waals surface area contributed by atoms with E-state index in [1.54, 1.807) is 19.1 Å². The summed E-state index contributed by atoms with van der Waals surface area (Å²) in [6, 6.07) is 4.70. The maximum absolute atomic E-state index is 11.6. The van der Waals surface area contributed by atoms with E-state index in [-0.39, 0.29) is 11.5 Å². The number of ketones is 1. The van der Waals surface area contributed by atoms with E-state index < -0.39 is 5.60 Å². The van der Waals surface area contributed by atoms with E-state index in [2.05, 4.69) is 0 Å². The Morgan fingerprint density at radius 2 is 2.00 bits per heavy atom. The maximum Gasteiger partial charge on any atom is 0.165 e. The molecule has 0 saturated carbocycles. The summed E-state index contributed by atoms with van der Waals surface area (Å²) >= 11 is 0. The lowest BCUT2D eigenvalue weighted by Gasteiger charge is -2.26. The Balaban J connectivity index is 3.34. The van der Waals surface area contributed by atoms with E-state index in [9.17, 15) is 9.90 Å². The van der Waals surface area contributed by atoms with Crippen molar-refractivity contribution >= 4 is 5.78 Å². The van der Waals surface area contributed by atoms with Crippen LogP contribution < -0.4 is 4.74 Å². The monoisotopic (exact) mass is 224 g/mol. The molecule has 0 radical (unpaired) electrons. The summed E-state index contributed by atoms with van der Waals surface area (Å²) < 4.78 is 10.3. The Morgan fingerprint density at radius 3 is 2.44 bits per heavy atom. The van der Waals surface area contributed by atoms with Crippen molar-refractivity contribution in [3.63, 3.8) is 0 Å². The van der Waals surface area contributed by atoms with Crippen LogP contribution >= 0.6 is 0 Å². The normalized spacial score (nSPS) is 14.2. The van der Waals surface area contributed by atoms with Crippen molar-refractivity contribution in [1.82, 2.24) is 0 Å². The average molecular weight is 224 g/mol. The fraction of sp³-hybridized carbons (Fsp3) is 0.417. The highest BCUT2D eigenvalue weighted by Crippen LogP contribution is 2.35. The topological polar surface area (TPSA) is 55.8 Å². The number of phenols is 1. The van der Waals surface area contributed by atoms with Gasteiger partial charge in [0.15, 0.2) is 11.4 Å². The largest absolute Gasteiger partial charge is 0.508 e. The number of methoxy groups -OCH3 is 2. The van der Waals surface area contributed by atoms with E-state index in [4.69, 9.17) is 9.47 Å². The number of hydrogen-bond acceptors (Lipinski definition) is 4. The number of carbonyl (C=O) groups excluding carboxylic acids is 1. The van der Waals surface area contributed by atoms with Crippen LogP contribution in [0.5, 0.6) is 11.5 Å². The van der Waals surface area contributed by atoms with Gasteiger partial charge in [-0.2, -0.15) is 0 Å². The van der Waals surface area contributed by atoms with Gasteiger partial charge in [0.25, 0.3) is 0 Å². The molecule has 1 N–H and O–H groups in total. The molecule has 0 heterocycles. The van der Waals surface area contributed by atoms with Crippen LogP contribution in [0.4, 0.5) is 0 Å². The first-order chi connectivity index (χ1) is 7.45. The molecule has 0 aliphatic rings. The lowest BCUT2D eigenvalue weighted by molar-refractivity contribution is -0.138. The van der Waals surface area contributed by atoms with Crippen molar-refractivity contribution in [2.24, 2.45) is 0 Å². The second-order valence-electron chi connectivity index (χ2n) is 3.68. The van der Waals surface area contributed by atoms with Gasteiger partial charge in [-0.25, -0.2) is 0 Å². The zero-order valence-corrected chi connectivity index (χ0v) is 9.90. The number of phenolic OH excluding ortho intramolecular Hbond substituents is 1. The molecular weight excluding hydrogens is 208 g/mol. The lowest BCUT2D eigenvalue weighted by Crippen LogP contribution is -2.32. The Kier molecular flexibility index (Phi) is 3.55. The van der Waals surface area contributed by atoms with E-state index in [1.165, 1.54) is 27.2 Å². The van der Waals surface area contributed by atoms with Crippen molar-refractivity contribution in [3.8, 4) is 11.5 Å². The minimum absolute atomic E-state index is 0.0142. The first-order valence-electron chi connectivity index (χ1n) is 4.89. The van der Waals surface area contributed by atoms with E-state index in [0.717, 1.165) is 0 Å². The quantitative estimate of drug-likeness (QED) is 0.848. The number of rotatable bonds is 4. The first-order valence-corrected chi connectivity index (χ1v) is 4.89. The molecule has 0 aromatic heterocycles. The fourth-order valence-electron chi connectivity index (χ4n) is 1.47. The third kappa shape index (κ3) is 2.02. The van der Waals surface area contributed by atoms with Crippen molar-refractivity contribution in [2.75, 3.05) is 14.2 Å². The summed E-state index contributed by atoms with van der Waals surface area (Å²) in [4.78, 5) is 11.6. The van der Waals surface area contributed by atoms with Crippen LogP contribution in [0.2, 0.25) is 0 Å². The van der Waals surface area contributed by atoms with Crippen LogP contribution in [0.3, 0.4) is 0 Å². The second-order valence-corrected chi connectivity index (χ2v) is 3.68. The molecule has 0 saturated heterocycles. The van der Waals surface area contributed by atoms with Crippen molar-refractivity contribution in [2.45, 2.75) is 19.4 Å². The highest BCUT2D eigenvalue weighted by Gasteiger charge is 2.34. The van der Waals surface area contributed by atoms with Gasteiger partial charge in [0.2, 0.25) is 0 Å². The molecule has 88 valence electrons. The van der Waals surface area contributed by atoms with E-state index >= 15 is 0 Å². The summed E-state index contributed by atoms with van der Waals surface area (Å²) in [6.07, 6.45) is 0. The summed E-state index contributed by atoms with van der Waals surface area (Å²) in [5.74, 6) is 0.399. The van der Waals surface area contributed by atoms with Crippen LogP contribution in [0, 0.1) is 0 Å². The molecule has 4 nitrogen and oxygen atoms in total. The standard InChI is InChI=1S/C12H16O4/c1-8(13)12(2,16-4)10-7-9(15-3)5-6-11(10)14/h5-7,14H,1-4H3. The SMILES string of the molecule is COc1ccc(O)c(C(C)(OC)C(C)=O)c1. The van der Waals surface area contributed by atoms with E-state index in [1.807, 2.05) is 0 Å². The molecule has 1 rings (SSSR count). The highest BCUT2D eigenvalue weighted by atomic mass is 16.5. The highest BCUT2D eigenvalue weighted by molar-refractivity contribution is 5.86. The number of benzene rings is 1. The zero-order chi connectivity index (χ0) is 12.3. The molecule has 1 atom stereocenters. The molecule has 0 aliphatic heterocycles. The lowest BCUT2D eigenvalue weighted by atomic mass is 9.91. The van der Waals surface area contributed by atoms with Crippen LogP contribution in [0.25, 0.3) is 0 Å². The third-order valence-corrected chi connectivity index (χ3v) is 2.80. The van der Waals surface area contributed by atoms with Gasteiger partial charge in [0, 0.05) is 12.7 Å². The van der Waals surface area contributed by atoms with Crippen molar-refractivity contribution in [3.05, 3.63) is 23.8 Å². The third-order valence-electron chi connectivity index (χ3n) is 2.80. The molecule has 1 unspecified atom stereocenters. The van der Waals surface area contributed by atoms with Crippen LogP contribution in [0.1, 0.15) is 19.4 Å². The molecule has 4 heteroatoms. The van der Waals surface area contributed by atoms with Crippen LogP contribution in [-0.4, -0.2) is 25.1 Å². The smallest absolute Gasteiger partial charge is 0.165 e. The Labute approximate surface area is 94.8 Å². The summed E-state index contributed by atoms with van der Waals surface area (Å²) in [5.41, 5.74) is -0.750. The minimum Gasteiger partial charge on any atom is -0.508 e. The number of aromatic hydroxyl groups is 1. The number of Topliss-reactive ketones (excluding diaryl/α,β-unsaturated/α-hetero) is 1. The molecule has 0 bridgehead atoms. The molecule has 0 aliphatic carbocycles. The number of carbonyl (C=O) groups is 1. The molecule has 1 aromatic rings. The van der Waals surface area contributed by atoms with Crippen molar-refractivity contribution in [1.29, 1.82) is 0 Å². The van der Waals surface area contributed by atoms with Crippen LogP contribution in [0.15, 0.2) is 18.2 Å². The fourth-order valence-corrected chi connectivity index (χ4v) is 1.47. The summed E-state index contributed by atoms with van der Waals surface area (Å²) in [5, 5.41) is 9.76. The van der Waals surface area contributed by atoms with Gasteiger partial charge in [0.1, 0.15) is 11.5 Å².